The average molecular weight is 212 g/mol. The molecule has 0 saturated carbocycles. The Labute approximate surface area is 93.2 Å². The second kappa shape index (κ2) is 4.81. The first-order chi connectivity index (χ1) is 7.23. The first-order valence-corrected chi connectivity index (χ1v) is 6.32. The highest BCUT2D eigenvalue weighted by Gasteiger charge is 2.32. The van der Waals surface area contributed by atoms with Gasteiger partial charge in [-0.15, -0.1) is 0 Å². The van der Waals surface area contributed by atoms with Crippen LogP contribution in [0.2, 0.25) is 0 Å². The molecule has 88 valence electrons. The number of nitrogens with one attached hydrogen (secondary N) is 1. The van der Waals surface area contributed by atoms with Crippen LogP contribution in [0.4, 0.5) is 0 Å². The lowest BCUT2D eigenvalue weighted by Gasteiger charge is -2.39. The summed E-state index contributed by atoms with van der Waals surface area (Å²) < 4.78 is 5.92. The summed E-state index contributed by atoms with van der Waals surface area (Å²) in [5, 5.41) is 3.26. The fourth-order valence-electron chi connectivity index (χ4n) is 2.64. The Morgan fingerprint density at radius 3 is 2.87 bits per heavy atom. The summed E-state index contributed by atoms with van der Waals surface area (Å²) in [6.45, 7) is 9.82. The van der Waals surface area contributed by atoms with E-state index < -0.39 is 0 Å². The standard InChI is InChI=1S/C12H24N2O/c1-3-11-5-4-6-14(11)7-8-15-12(2)9-13-10-12/h11,13H,3-10H2,1-2H3. The highest BCUT2D eigenvalue weighted by Crippen LogP contribution is 2.20. The third-order valence-electron chi connectivity index (χ3n) is 3.80. The van der Waals surface area contributed by atoms with Gasteiger partial charge in [0, 0.05) is 25.7 Å². The Kier molecular flexibility index (Phi) is 3.65. The number of hydrogen-bond donors (Lipinski definition) is 1. The predicted molar refractivity (Wildman–Crippen MR) is 62.1 cm³/mol. The summed E-state index contributed by atoms with van der Waals surface area (Å²) in [5.74, 6) is 0. The lowest BCUT2D eigenvalue weighted by atomic mass is 10.0. The predicted octanol–water partition coefficient (Wildman–Crippen LogP) is 1.24. The van der Waals surface area contributed by atoms with E-state index >= 15 is 0 Å². The molecule has 0 aromatic carbocycles. The van der Waals surface area contributed by atoms with Crippen molar-refractivity contribution in [1.29, 1.82) is 0 Å². The zero-order valence-corrected chi connectivity index (χ0v) is 10.1. The van der Waals surface area contributed by atoms with Gasteiger partial charge in [-0.1, -0.05) is 6.92 Å². The number of rotatable bonds is 5. The summed E-state index contributed by atoms with van der Waals surface area (Å²) in [4.78, 5) is 2.59. The monoisotopic (exact) mass is 212 g/mol. The van der Waals surface area contributed by atoms with Crippen molar-refractivity contribution < 1.29 is 4.74 Å². The molecule has 3 nitrogen and oxygen atoms in total. The zero-order valence-electron chi connectivity index (χ0n) is 10.1. The number of nitrogens with zero attached hydrogens (tertiary/aromatic N) is 1. The third-order valence-corrected chi connectivity index (χ3v) is 3.80. The molecule has 1 N–H and O–H groups in total. The third kappa shape index (κ3) is 2.71. The molecule has 0 spiro atoms. The highest BCUT2D eigenvalue weighted by atomic mass is 16.5. The van der Waals surface area contributed by atoms with Crippen LogP contribution in [0.15, 0.2) is 0 Å². The number of ether oxygens (including phenoxy) is 1. The van der Waals surface area contributed by atoms with E-state index in [2.05, 4.69) is 24.1 Å². The van der Waals surface area contributed by atoms with E-state index in [1.165, 1.54) is 25.8 Å². The molecular weight excluding hydrogens is 188 g/mol. The minimum Gasteiger partial charge on any atom is -0.371 e. The Morgan fingerprint density at radius 2 is 2.27 bits per heavy atom. The maximum Gasteiger partial charge on any atom is 0.0902 e. The van der Waals surface area contributed by atoms with Crippen LogP contribution in [0.3, 0.4) is 0 Å². The average Bonchev–Trinajstić information content (AvgIpc) is 2.63. The van der Waals surface area contributed by atoms with Gasteiger partial charge in [0.25, 0.3) is 0 Å². The van der Waals surface area contributed by atoms with Crippen LogP contribution in [-0.2, 0) is 4.74 Å². The molecule has 3 heteroatoms. The lowest BCUT2D eigenvalue weighted by Crippen LogP contribution is -2.59. The van der Waals surface area contributed by atoms with Gasteiger partial charge in [0.05, 0.1) is 12.2 Å². The largest absolute Gasteiger partial charge is 0.371 e. The summed E-state index contributed by atoms with van der Waals surface area (Å²) in [6.07, 6.45) is 4.05. The van der Waals surface area contributed by atoms with Crippen molar-refractivity contribution in [1.82, 2.24) is 10.2 Å². The van der Waals surface area contributed by atoms with Crippen LogP contribution >= 0.6 is 0 Å². The van der Waals surface area contributed by atoms with Crippen LogP contribution in [0.1, 0.15) is 33.1 Å². The summed E-state index contributed by atoms with van der Waals surface area (Å²) in [7, 11) is 0. The van der Waals surface area contributed by atoms with Crippen molar-refractivity contribution in [2.75, 3.05) is 32.8 Å². The van der Waals surface area contributed by atoms with Gasteiger partial charge < -0.3 is 10.1 Å². The highest BCUT2D eigenvalue weighted by molar-refractivity contribution is 4.90. The number of likely N-dealkylation sites (tertiary alicyclic amines) is 1. The molecule has 2 saturated heterocycles. The van der Waals surface area contributed by atoms with Gasteiger partial charge in [-0.2, -0.15) is 0 Å². The van der Waals surface area contributed by atoms with E-state index in [0.29, 0.717) is 0 Å². The second-order valence-corrected chi connectivity index (χ2v) is 5.14. The topological polar surface area (TPSA) is 24.5 Å². The molecule has 2 aliphatic heterocycles. The van der Waals surface area contributed by atoms with Crippen molar-refractivity contribution in [3.05, 3.63) is 0 Å². The van der Waals surface area contributed by atoms with Crippen LogP contribution in [-0.4, -0.2) is 49.3 Å². The van der Waals surface area contributed by atoms with Crippen molar-refractivity contribution in [3.8, 4) is 0 Å². The molecule has 2 heterocycles. The lowest BCUT2D eigenvalue weighted by molar-refractivity contribution is -0.0728. The molecule has 2 rings (SSSR count). The van der Waals surface area contributed by atoms with E-state index in [1.54, 1.807) is 0 Å². The molecule has 2 fully saturated rings. The van der Waals surface area contributed by atoms with Crippen LogP contribution in [0.25, 0.3) is 0 Å². The van der Waals surface area contributed by atoms with Crippen molar-refractivity contribution >= 4 is 0 Å². The zero-order chi connectivity index (χ0) is 10.7. The molecule has 0 aliphatic carbocycles. The summed E-state index contributed by atoms with van der Waals surface area (Å²) >= 11 is 0. The Morgan fingerprint density at radius 1 is 1.47 bits per heavy atom. The van der Waals surface area contributed by atoms with Gasteiger partial charge >= 0.3 is 0 Å². The Bertz CT molecular complexity index is 204. The molecular formula is C12H24N2O. The fourth-order valence-corrected chi connectivity index (χ4v) is 2.64. The van der Waals surface area contributed by atoms with Crippen LogP contribution in [0.5, 0.6) is 0 Å². The van der Waals surface area contributed by atoms with E-state index in [0.717, 1.165) is 32.3 Å². The SMILES string of the molecule is CCC1CCCN1CCOC1(C)CNC1. The maximum absolute atomic E-state index is 5.92. The van der Waals surface area contributed by atoms with Gasteiger partial charge in [-0.3, -0.25) is 4.90 Å². The van der Waals surface area contributed by atoms with Gasteiger partial charge in [-0.25, -0.2) is 0 Å². The van der Waals surface area contributed by atoms with Gasteiger partial charge in [0.15, 0.2) is 0 Å². The first kappa shape index (κ1) is 11.4. The molecule has 0 aromatic rings. The molecule has 0 radical (unpaired) electrons. The Balaban J connectivity index is 1.64. The van der Waals surface area contributed by atoms with Crippen LogP contribution in [0, 0.1) is 0 Å². The normalized spacial score (nSPS) is 30.4. The van der Waals surface area contributed by atoms with Gasteiger partial charge in [-0.05, 0) is 32.7 Å². The van der Waals surface area contributed by atoms with Crippen LogP contribution < -0.4 is 5.32 Å². The first-order valence-electron chi connectivity index (χ1n) is 6.32. The molecule has 0 bridgehead atoms. The minimum absolute atomic E-state index is 0.126. The van der Waals surface area contributed by atoms with E-state index in [9.17, 15) is 0 Å². The number of hydrogen-bond acceptors (Lipinski definition) is 3. The van der Waals surface area contributed by atoms with E-state index in [-0.39, 0.29) is 5.60 Å². The van der Waals surface area contributed by atoms with E-state index in [4.69, 9.17) is 4.74 Å². The van der Waals surface area contributed by atoms with Gasteiger partial charge in [0.1, 0.15) is 0 Å². The molecule has 1 atom stereocenters. The summed E-state index contributed by atoms with van der Waals surface area (Å²) in [5.41, 5.74) is 0.126. The molecule has 15 heavy (non-hydrogen) atoms. The Hall–Kier alpha value is -0.120. The van der Waals surface area contributed by atoms with Gasteiger partial charge in [0.2, 0.25) is 0 Å². The molecule has 1 unspecified atom stereocenters. The molecule has 2 aliphatic rings. The quantitative estimate of drug-likeness (QED) is 0.742. The van der Waals surface area contributed by atoms with Crippen molar-refractivity contribution in [3.63, 3.8) is 0 Å². The fraction of sp³-hybridized carbons (Fsp3) is 1.00. The van der Waals surface area contributed by atoms with Crippen molar-refractivity contribution in [2.45, 2.75) is 44.8 Å². The summed E-state index contributed by atoms with van der Waals surface area (Å²) in [6, 6.07) is 0.820. The van der Waals surface area contributed by atoms with E-state index in [1.807, 2.05) is 0 Å². The second-order valence-electron chi connectivity index (χ2n) is 5.14. The maximum atomic E-state index is 5.92. The van der Waals surface area contributed by atoms with Crippen molar-refractivity contribution in [2.24, 2.45) is 0 Å². The smallest absolute Gasteiger partial charge is 0.0902 e. The minimum atomic E-state index is 0.126. The molecule has 0 amide bonds. The molecule has 0 aromatic heterocycles.